The first-order chi connectivity index (χ1) is 5.97. The van der Waals surface area contributed by atoms with Crippen LogP contribution in [0.3, 0.4) is 0 Å². The summed E-state index contributed by atoms with van der Waals surface area (Å²) in [7, 11) is 0. The molecule has 0 bridgehead atoms. The highest BCUT2D eigenvalue weighted by Crippen LogP contribution is 2.23. The molecule has 64 valence electrons. The van der Waals surface area contributed by atoms with E-state index in [1.807, 2.05) is 12.1 Å². The van der Waals surface area contributed by atoms with Gasteiger partial charge in [0.25, 0.3) is 0 Å². The topological polar surface area (TPSA) is 35.0 Å². The summed E-state index contributed by atoms with van der Waals surface area (Å²) in [6.45, 7) is 1.72. The normalized spacial score (nSPS) is 19.3. The van der Waals surface area contributed by atoms with Crippen LogP contribution in [-0.2, 0) is 4.74 Å². The molecule has 0 spiro atoms. The van der Waals surface area contributed by atoms with E-state index in [1.165, 1.54) is 0 Å². The van der Waals surface area contributed by atoms with E-state index in [-0.39, 0.29) is 0 Å². The molecule has 0 aromatic carbocycles. The number of rotatable bonds is 1. The molecule has 0 N–H and O–H groups in total. The average Bonchev–Trinajstić information content (AvgIpc) is 2.21. The Morgan fingerprint density at radius 1 is 1.33 bits per heavy atom. The summed E-state index contributed by atoms with van der Waals surface area (Å²) in [6.07, 6.45) is 3.88. The van der Waals surface area contributed by atoms with Gasteiger partial charge in [0, 0.05) is 25.3 Å². The van der Waals surface area contributed by atoms with Crippen LogP contribution in [0.4, 0.5) is 0 Å². The van der Waals surface area contributed by atoms with E-state index in [9.17, 15) is 0 Å². The zero-order valence-electron chi connectivity index (χ0n) is 6.94. The van der Waals surface area contributed by atoms with E-state index in [1.54, 1.807) is 6.20 Å². The maximum absolute atomic E-state index is 5.27. The van der Waals surface area contributed by atoms with E-state index in [2.05, 4.69) is 10.2 Å². The van der Waals surface area contributed by atoms with Crippen LogP contribution in [0.25, 0.3) is 0 Å². The Morgan fingerprint density at radius 3 is 2.83 bits per heavy atom. The highest BCUT2D eigenvalue weighted by atomic mass is 16.5. The van der Waals surface area contributed by atoms with Crippen molar-refractivity contribution in [1.29, 1.82) is 0 Å². The predicted molar refractivity (Wildman–Crippen MR) is 44.8 cm³/mol. The van der Waals surface area contributed by atoms with Crippen LogP contribution in [0.1, 0.15) is 24.5 Å². The third-order valence-corrected chi connectivity index (χ3v) is 2.23. The lowest BCUT2D eigenvalue weighted by Crippen LogP contribution is -2.15. The SMILES string of the molecule is c1cnnc(C2CCOCC2)c1. The van der Waals surface area contributed by atoms with Crippen LogP contribution in [0.2, 0.25) is 0 Å². The van der Waals surface area contributed by atoms with E-state index >= 15 is 0 Å². The highest BCUT2D eigenvalue weighted by molar-refractivity contribution is 5.06. The Labute approximate surface area is 71.8 Å². The molecule has 1 aliphatic rings. The van der Waals surface area contributed by atoms with Crippen LogP contribution in [0.5, 0.6) is 0 Å². The van der Waals surface area contributed by atoms with Crippen molar-refractivity contribution in [2.75, 3.05) is 13.2 Å². The minimum atomic E-state index is 0.562. The molecule has 1 aromatic rings. The van der Waals surface area contributed by atoms with Gasteiger partial charge in [-0.05, 0) is 25.0 Å². The first-order valence-electron chi connectivity index (χ1n) is 4.32. The Morgan fingerprint density at radius 2 is 2.17 bits per heavy atom. The fourth-order valence-corrected chi connectivity index (χ4v) is 1.52. The minimum absolute atomic E-state index is 0.562. The van der Waals surface area contributed by atoms with Gasteiger partial charge >= 0.3 is 0 Å². The molecular formula is C9H12N2O. The van der Waals surface area contributed by atoms with Gasteiger partial charge in [-0.1, -0.05) is 0 Å². The number of aromatic nitrogens is 2. The fraction of sp³-hybridized carbons (Fsp3) is 0.556. The Balaban J connectivity index is 2.08. The van der Waals surface area contributed by atoms with E-state index in [0.29, 0.717) is 5.92 Å². The molecule has 0 saturated carbocycles. The van der Waals surface area contributed by atoms with Crippen LogP contribution in [-0.4, -0.2) is 23.4 Å². The maximum atomic E-state index is 5.27. The van der Waals surface area contributed by atoms with Gasteiger partial charge in [-0.25, -0.2) is 0 Å². The molecule has 0 atom stereocenters. The van der Waals surface area contributed by atoms with Gasteiger partial charge in [0.05, 0.1) is 5.69 Å². The Hall–Kier alpha value is -0.960. The van der Waals surface area contributed by atoms with Crippen molar-refractivity contribution < 1.29 is 4.74 Å². The predicted octanol–water partition coefficient (Wildman–Crippen LogP) is 1.37. The number of hydrogen-bond donors (Lipinski definition) is 0. The monoisotopic (exact) mass is 164 g/mol. The highest BCUT2D eigenvalue weighted by Gasteiger charge is 2.16. The first-order valence-corrected chi connectivity index (χ1v) is 4.32. The number of nitrogens with zero attached hydrogens (tertiary/aromatic N) is 2. The lowest BCUT2D eigenvalue weighted by molar-refractivity contribution is 0.0843. The molecular weight excluding hydrogens is 152 g/mol. The molecule has 1 aromatic heterocycles. The Bertz CT molecular complexity index is 232. The molecule has 1 aliphatic heterocycles. The van der Waals surface area contributed by atoms with Crippen LogP contribution >= 0.6 is 0 Å². The molecule has 0 amide bonds. The van der Waals surface area contributed by atoms with Crippen molar-refractivity contribution in [3.8, 4) is 0 Å². The summed E-state index contributed by atoms with van der Waals surface area (Å²) in [4.78, 5) is 0. The lowest BCUT2D eigenvalue weighted by atomic mass is 9.96. The molecule has 3 heteroatoms. The third-order valence-electron chi connectivity index (χ3n) is 2.23. The van der Waals surface area contributed by atoms with Crippen molar-refractivity contribution in [2.45, 2.75) is 18.8 Å². The standard InChI is InChI=1S/C9H12N2O/c1-2-9(11-10-5-1)8-3-6-12-7-4-8/h1-2,5,8H,3-4,6-7H2. The average molecular weight is 164 g/mol. The lowest BCUT2D eigenvalue weighted by Gasteiger charge is -2.20. The quantitative estimate of drug-likeness (QED) is 0.628. The van der Waals surface area contributed by atoms with E-state index in [4.69, 9.17) is 4.74 Å². The van der Waals surface area contributed by atoms with Crippen molar-refractivity contribution in [1.82, 2.24) is 10.2 Å². The van der Waals surface area contributed by atoms with Crippen LogP contribution < -0.4 is 0 Å². The molecule has 2 heterocycles. The zero-order valence-corrected chi connectivity index (χ0v) is 6.94. The molecule has 0 radical (unpaired) electrons. The van der Waals surface area contributed by atoms with Gasteiger partial charge in [0.15, 0.2) is 0 Å². The van der Waals surface area contributed by atoms with Gasteiger partial charge in [0.2, 0.25) is 0 Å². The summed E-state index contributed by atoms with van der Waals surface area (Å²) < 4.78 is 5.27. The van der Waals surface area contributed by atoms with Gasteiger partial charge in [0.1, 0.15) is 0 Å². The second kappa shape index (κ2) is 3.63. The molecule has 1 fully saturated rings. The third kappa shape index (κ3) is 1.61. The van der Waals surface area contributed by atoms with Crippen LogP contribution in [0.15, 0.2) is 18.3 Å². The maximum Gasteiger partial charge on any atom is 0.0663 e. The van der Waals surface area contributed by atoms with Gasteiger partial charge in [-0.2, -0.15) is 10.2 Å². The largest absolute Gasteiger partial charge is 0.381 e. The minimum Gasteiger partial charge on any atom is -0.381 e. The zero-order chi connectivity index (χ0) is 8.23. The molecule has 0 aliphatic carbocycles. The van der Waals surface area contributed by atoms with Crippen molar-refractivity contribution >= 4 is 0 Å². The van der Waals surface area contributed by atoms with Gasteiger partial charge < -0.3 is 4.74 Å². The number of ether oxygens (including phenoxy) is 1. The first kappa shape index (κ1) is 7.68. The molecule has 3 nitrogen and oxygen atoms in total. The molecule has 12 heavy (non-hydrogen) atoms. The second-order valence-electron chi connectivity index (χ2n) is 3.04. The van der Waals surface area contributed by atoms with E-state index in [0.717, 1.165) is 31.7 Å². The summed E-state index contributed by atoms with van der Waals surface area (Å²) in [5.74, 6) is 0.562. The summed E-state index contributed by atoms with van der Waals surface area (Å²) in [6, 6.07) is 3.99. The fourth-order valence-electron chi connectivity index (χ4n) is 1.52. The number of hydrogen-bond acceptors (Lipinski definition) is 3. The molecule has 2 rings (SSSR count). The second-order valence-corrected chi connectivity index (χ2v) is 3.04. The van der Waals surface area contributed by atoms with Gasteiger partial charge in [-0.3, -0.25) is 0 Å². The van der Waals surface area contributed by atoms with Gasteiger partial charge in [-0.15, -0.1) is 0 Å². The van der Waals surface area contributed by atoms with Crippen LogP contribution in [0, 0.1) is 0 Å². The van der Waals surface area contributed by atoms with E-state index < -0.39 is 0 Å². The van der Waals surface area contributed by atoms with Crippen molar-refractivity contribution in [3.05, 3.63) is 24.0 Å². The molecule has 0 unspecified atom stereocenters. The van der Waals surface area contributed by atoms with Crippen molar-refractivity contribution in [2.24, 2.45) is 0 Å². The van der Waals surface area contributed by atoms with Crippen molar-refractivity contribution in [3.63, 3.8) is 0 Å². The molecule has 1 saturated heterocycles. The Kier molecular flexibility index (Phi) is 2.32. The summed E-state index contributed by atoms with van der Waals surface area (Å²) in [5, 5.41) is 7.97. The smallest absolute Gasteiger partial charge is 0.0663 e. The summed E-state index contributed by atoms with van der Waals surface area (Å²) >= 11 is 0. The summed E-state index contributed by atoms with van der Waals surface area (Å²) in [5.41, 5.74) is 1.11.